The van der Waals surface area contributed by atoms with Gasteiger partial charge in [0.05, 0.1) is 4.92 Å². The minimum atomic E-state index is -0.448. The molecule has 0 N–H and O–H groups in total. The van der Waals surface area contributed by atoms with E-state index >= 15 is 0 Å². The lowest BCUT2D eigenvalue weighted by Gasteiger charge is -2.10. The topological polar surface area (TPSA) is 52.4 Å². The Labute approximate surface area is 128 Å². The number of ether oxygens (including phenoxy) is 1. The molecule has 0 bridgehead atoms. The summed E-state index contributed by atoms with van der Waals surface area (Å²) >= 11 is 5.77. The molecule has 0 unspecified atom stereocenters. The molecule has 2 rings (SSSR count). The minimum Gasteiger partial charge on any atom is -0.482 e. The van der Waals surface area contributed by atoms with E-state index in [1.54, 1.807) is 12.1 Å². The van der Waals surface area contributed by atoms with Gasteiger partial charge in [0.1, 0.15) is 6.61 Å². The summed E-state index contributed by atoms with van der Waals surface area (Å²) in [5.74, 6) is 0.539. The molecule has 0 aliphatic carbocycles. The molecule has 0 amide bonds. The maximum atomic E-state index is 11.0. The van der Waals surface area contributed by atoms with Crippen LogP contribution in [0.4, 0.5) is 5.69 Å². The summed E-state index contributed by atoms with van der Waals surface area (Å²) in [7, 11) is 0. The summed E-state index contributed by atoms with van der Waals surface area (Å²) in [6, 6.07) is 10.7. The summed E-state index contributed by atoms with van der Waals surface area (Å²) in [4.78, 5) is 10.6. The number of rotatable bonds is 5. The highest BCUT2D eigenvalue weighted by Crippen LogP contribution is 2.29. The van der Waals surface area contributed by atoms with Crippen molar-refractivity contribution in [3.05, 3.63) is 68.8 Å². The molecule has 0 aromatic heterocycles. The lowest BCUT2D eigenvalue weighted by Crippen LogP contribution is -2.01. The molecule has 4 nitrogen and oxygen atoms in total. The van der Waals surface area contributed by atoms with Crippen molar-refractivity contribution in [2.75, 3.05) is 0 Å². The fraction of sp³-hybridized carbons (Fsp3) is 0.250. The van der Waals surface area contributed by atoms with Crippen LogP contribution in [0.25, 0.3) is 0 Å². The summed E-state index contributed by atoms with van der Waals surface area (Å²) in [5.41, 5.74) is 3.98. The number of nitro groups is 1. The Bertz CT molecular complexity index is 671. The highest BCUT2D eigenvalue weighted by molar-refractivity contribution is 6.17. The van der Waals surface area contributed by atoms with Gasteiger partial charge in [0, 0.05) is 11.9 Å². The maximum absolute atomic E-state index is 11.0. The first-order valence-electron chi connectivity index (χ1n) is 6.53. The molecular weight excluding hydrogens is 290 g/mol. The Morgan fingerprint density at radius 1 is 1.19 bits per heavy atom. The molecule has 0 heterocycles. The van der Waals surface area contributed by atoms with Crippen LogP contribution in [0, 0.1) is 24.0 Å². The van der Waals surface area contributed by atoms with Gasteiger partial charge in [0.25, 0.3) is 0 Å². The third-order valence-electron chi connectivity index (χ3n) is 3.26. The van der Waals surface area contributed by atoms with Crippen molar-refractivity contribution in [1.82, 2.24) is 0 Å². The van der Waals surface area contributed by atoms with Crippen LogP contribution >= 0.6 is 11.6 Å². The number of halogens is 1. The number of hydrogen-bond acceptors (Lipinski definition) is 3. The zero-order valence-electron chi connectivity index (χ0n) is 11.9. The molecule has 0 fully saturated rings. The first-order chi connectivity index (χ1) is 10.0. The molecule has 21 heavy (non-hydrogen) atoms. The Hall–Kier alpha value is -2.07. The Kier molecular flexibility index (Phi) is 4.81. The molecule has 5 heteroatoms. The van der Waals surface area contributed by atoms with Crippen LogP contribution in [0.15, 0.2) is 36.4 Å². The van der Waals surface area contributed by atoms with E-state index < -0.39 is 4.92 Å². The number of aryl methyl sites for hydroxylation is 2. The van der Waals surface area contributed by atoms with E-state index in [2.05, 4.69) is 0 Å². The molecule has 0 radical (unpaired) electrons. The fourth-order valence-corrected chi connectivity index (χ4v) is 2.19. The predicted octanol–water partition coefficient (Wildman–Crippen LogP) is 4.53. The second-order valence-electron chi connectivity index (χ2n) is 4.91. The summed E-state index contributed by atoms with van der Waals surface area (Å²) in [5, 5.41) is 11.0. The number of nitrogens with zero attached hydrogens (tertiary/aromatic N) is 1. The summed E-state index contributed by atoms with van der Waals surface area (Å²) in [6.07, 6.45) is 0. The molecular formula is C16H16ClNO3. The van der Waals surface area contributed by atoms with Gasteiger partial charge in [-0.2, -0.15) is 0 Å². The third kappa shape index (κ3) is 3.73. The van der Waals surface area contributed by atoms with Gasteiger partial charge >= 0.3 is 5.69 Å². The molecule has 0 aliphatic heterocycles. The average molecular weight is 306 g/mol. The van der Waals surface area contributed by atoms with Crippen molar-refractivity contribution < 1.29 is 9.66 Å². The van der Waals surface area contributed by atoms with Crippen molar-refractivity contribution in [2.45, 2.75) is 26.3 Å². The van der Waals surface area contributed by atoms with E-state index in [9.17, 15) is 10.1 Å². The minimum absolute atomic E-state index is 0.0471. The quantitative estimate of drug-likeness (QED) is 0.463. The molecule has 0 spiro atoms. The number of nitro benzene ring substituents is 1. The van der Waals surface area contributed by atoms with Gasteiger partial charge in [-0.15, -0.1) is 11.6 Å². The molecule has 110 valence electrons. The fourth-order valence-electron chi connectivity index (χ4n) is 2.02. The molecule has 0 saturated carbocycles. The van der Waals surface area contributed by atoms with E-state index in [-0.39, 0.29) is 17.3 Å². The zero-order valence-corrected chi connectivity index (χ0v) is 12.7. The largest absolute Gasteiger partial charge is 0.482 e. The zero-order chi connectivity index (χ0) is 15.4. The van der Waals surface area contributed by atoms with Gasteiger partial charge in [-0.05, 0) is 36.6 Å². The second kappa shape index (κ2) is 6.59. The third-order valence-corrected chi connectivity index (χ3v) is 3.57. The summed E-state index contributed by atoms with van der Waals surface area (Å²) < 4.78 is 5.66. The standard InChI is InChI=1S/C16H16ClNO3/c1-11-3-4-12(2)14(7-11)10-21-16-8-13(9-17)5-6-15(16)18(19)20/h3-8H,9-10H2,1-2H3. The van der Waals surface area contributed by atoms with Crippen molar-refractivity contribution in [1.29, 1.82) is 0 Å². The molecule has 2 aromatic carbocycles. The Morgan fingerprint density at radius 2 is 1.95 bits per heavy atom. The van der Waals surface area contributed by atoms with Crippen LogP contribution in [0.3, 0.4) is 0 Å². The highest BCUT2D eigenvalue weighted by Gasteiger charge is 2.16. The maximum Gasteiger partial charge on any atom is 0.310 e. The summed E-state index contributed by atoms with van der Waals surface area (Å²) in [6.45, 7) is 4.28. The molecule has 0 aliphatic rings. The van der Waals surface area contributed by atoms with Gasteiger partial charge in [0.2, 0.25) is 0 Å². The normalized spacial score (nSPS) is 10.4. The highest BCUT2D eigenvalue weighted by atomic mass is 35.5. The van der Waals surface area contributed by atoms with Crippen LogP contribution in [0.5, 0.6) is 5.75 Å². The molecule has 0 saturated heterocycles. The van der Waals surface area contributed by atoms with E-state index in [0.29, 0.717) is 6.61 Å². The van der Waals surface area contributed by atoms with E-state index in [4.69, 9.17) is 16.3 Å². The predicted molar refractivity (Wildman–Crippen MR) is 82.9 cm³/mol. The van der Waals surface area contributed by atoms with Crippen LogP contribution in [0.1, 0.15) is 22.3 Å². The smallest absolute Gasteiger partial charge is 0.310 e. The second-order valence-corrected chi connectivity index (χ2v) is 5.18. The van der Waals surface area contributed by atoms with Crippen LogP contribution < -0.4 is 4.74 Å². The first kappa shape index (κ1) is 15.3. The van der Waals surface area contributed by atoms with Crippen LogP contribution in [-0.4, -0.2) is 4.92 Å². The van der Waals surface area contributed by atoms with Crippen molar-refractivity contribution in [2.24, 2.45) is 0 Å². The van der Waals surface area contributed by atoms with Gasteiger partial charge in [-0.1, -0.05) is 29.8 Å². The van der Waals surface area contributed by atoms with Gasteiger partial charge in [-0.25, -0.2) is 0 Å². The van der Waals surface area contributed by atoms with Crippen LogP contribution in [0.2, 0.25) is 0 Å². The monoisotopic (exact) mass is 305 g/mol. The van der Waals surface area contributed by atoms with Crippen molar-refractivity contribution >= 4 is 17.3 Å². The number of alkyl halides is 1. The van der Waals surface area contributed by atoms with E-state index in [1.165, 1.54) is 6.07 Å². The van der Waals surface area contributed by atoms with Crippen LogP contribution in [-0.2, 0) is 12.5 Å². The van der Waals surface area contributed by atoms with Gasteiger partial charge < -0.3 is 4.74 Å². The SMILES string of the molecule is Cc1ccc(C)c(COc2cc(CCl)ccc2[N+](=O)[O-])c1. The molecule has 2 aromatic rings. The lowest BCUT2D eigenvalue weighted by molar-refractivity contribution is -0.386. The van der Waals surface area contributed by atoms with E-state index in [0.717, 1.165) is 22.3 Å². The average Bonchev–Trinajstić information content (AvgIpc) is 2.47. The van der Waals surface area contributed by atoms with Gasteiger partial charge in [-0.3, -0.25) is 10.1 Å². The first-order valence-corrected chi connectivity index (χ1v) is 7.07. The lowest BCUT2D eigenvalue weighted by atomic mass is 10.1. The van der Waals surface area contributed by atoms with Crippen molar-refractivity contribution in [3.8, 4) is 5.75 Å². The number of benzene rings is 2. The number of hydrogen-bond donors (Lipinski definition) is 0. The van der Waals surface area contributed by atoms with Crippen molar-refractivity contribution in [3.63, 3.8) is 0 Å². The molecule has 0 atom stereocenters. The Balaban J connectivity index is 2.26. The van der Waals surface area contributed by atoms with E-state index in [1.807, 2.05) is 32.0 Å². The Morgan fingerprint density at radius 3 is 2.62 bits per heavy atom. The van der Waals surface area contributed by atoms with Gasteiger partial charge in [0.15, 0.2) is 5.75 Å².